The van der Waals surface area contributed by atoms with Crippen LogP contribution in [-0.4, -0.2) is 15.0 Å². The van der Waals surface area contributed by atoms with E-state index in [2.05, 4.69) is 96.1 Å². The Morgan fingerprint density at radius 2 is 0.583 bits per heavy atom. The maximum Gasteiger partial charge on any atom is 0.164 e. The molecule has 1 aromatic heterocycles. The number of rotatable bonds is 3. The first-order valence-corrected chi connectivity index (χ1v) is 13.3. The lowest BCUT2D eigenvalue weighted by molar-refractivity contribution is 1.06. The summed E-state index contributed by atoms with van der Waals surface area (Å²) in [6.45, 7) is 24.6. The lowest BCUT2D eigenvalue weighted by Crippen LogP contribution is -2.03. The number of aromatic nitrogens is 3. The average Bonchev–Trinajstić information content (AvgIpc) is 2.87. The molecule has 192 valence electrons. The van der Waals surface area contributed by atoms with Gasteiger partial charge in [-0.3, -0.25) is 0 Å². The number of nitrogens with zero attached hydrogens (tertiary/aromatic N) is 3. The van der Waals surface area contributed by atoms with E-state index in [1.54, 1.807) is 0 Å². The first kappa shape index (κ1) is 30.7. The van der Waals surface area contributed by atoms with E-state index in [0.717, 1.165) is 16.7 Å². The van der Waals surface area contributed by atoms with E-state index in [4.69, 9.17) is 15.0 Å². The van der Waals surface area contributed by atoms with Crippen LogP contribution in [0.5, 0.6) is 0 Å². The van der Waals surface area contributed by atoms with Gasteiger partial charge in [0.2, 0.25) is 0 Å². The molecule has 0 fully saturated rings. The van der Waals surface area contributed by atoms with Crippen molar-refractivity contribution >= 4 is 0 Å². The van der Waals surface area contributed by atoms with Gasteiger partial charge < -0.3 is 0 Å². The number of aryl methyl sites for hydroxylation is 6. The van der Waals surface area contributed by atoms with Crippen molar-refractivity contribution in [2.24, 2.45) is 0 Å². The molecule has 0 radical (unpaired) electrons. The van der Waals surface area contributed by atoms with Crippen LogP contribution in [0.3, 0.4) is 0 Å². The third-order valence-corrected chi connectivity index (χ3v) is 5.50. The zero-order chi connectivity index (χ0) is 27.4. The van der Waals surface area contributed by atoms with Crippen molar-refractivity contribution in [3.8, 4) is 34.2 Å². The van der Waals surface area contributed by atoms with Gasteiger partial charge in [-0.05, 0) is 58.2 Å². The molecular weight excluding hydrogens is 438 g/mol. The summed E-state index contributed by atoms with van der Waals surface area (Å²) in [6, 6.07) is 19.2. The van der Waals surface area contributed by atoms with Crippen LogP contribution in [-0.2, 0) is 0 Å². The molecule has 0 aliphatic rings. The first-order chi connectivity index (χ1) is 17.3. The van der Waals surface area contributed by atoms with E-state index >= 15 is 0 Å². The Morgan fingerprint density at radius 1 is 0.361 bits per heavy atom. The highest BCUT2D eigenvalue weighted by Crippen LogP contribution is 2.29. The van der Waals surface area contributed by atoms with Crippen LogP contribution in [0, 0.1) is 41.5 Å². The van der Waals surface area contributed by atoms with Crippen LogP contribution < -0.4 is 0 Å². The van der Waals surface area contributed by atoms with Gasteiger partial charge in [-0.15, -0.1) is 0 Å². The molecule has 0 atom stereocenters. The van der Waals surface area contributed by atoms with Crippen LogP contribution in [0.2, 0.25) is 0 Å². The Morgan fingerprint density at radius 3 is 0.778 bits per heavy atom. The molecule has 4 rings (SSSR count). The standard InChI is InChI=1S/C27H27N3.3C2H6/c1-16-7-10-22(19(4)13-16)25-28-26(23-11-8-17(2)14-20(23)5)30-27(29-25)24-12-9-18(3)15-21(24)6;3*1-2/h7-15H,1-6H3;3*1-2H3. The fourth-order valence-electron chi connectivity index (χ4n) is 3.93. The molecule has 4 aromatic rings. The number of hydrogen-bond acceptors (Lipinski definition) is 3. The molecule has 3 aromatic carbocycles. The smallest absolute Gasteiger partial charge is 0.164 e. The molecule has 0 unspecified atom stereocenters. The van der Waals surface area contributed by atoms with Crippen molar-refractivity contribution in [1.82, 2.24) is 15.0 Å². The Balaban J connectivity index is 0.00000101. The minimum absolute atomic E-state index is 0.715. The molecule has 0 spiro atoms. The largest absolute Gasteiger partial charge is 0.208 e. The fraction of sp³-hybridized carbons (Fsp3) is 0.364. The van der Waals surface area contributed by atoms with Gasteiger partial charge in [0.25, 0.3) is 0 Å². The molecular formula is C33H45N3. The van der Waals surface area contributed by atoms with Crippen molar-refractivity contribution in [3.05, 3.63) is 88.0 Å². The van der Waals surface area contributed by atoms with Gasteiger partial charge >= 0.3 is 0 Å². The van der Waals surface area contributed by atoms with Crippen LogP contribution in [0.25, 0.3) is 34.2 Å². The van der Waals surface area contributed by atoms with Gasteiger partial charge in [-0.2, -0.15) is 0 Å². The third kappa shape index (κ3) is 7.58. The van der Waals surface area contributed by atoms with Crippen molar-refractivity contribution in [2.75, 3.05) is 0 Å². The van der Waals surface area contributed by atoms with Crippen molar-refractivity contribution in [3.63, 3.8) is 0 Å². The molecule has 0 saturated heterocycles. The third-order valence-electron chi connectivity index (χ3n) is 5.50. The molecule has 1 heterocycles. The van der Waals surface area contributed by atoms with Gasteiger partial charge in [0.05, 0.1) is 0 Å². The fourth-order valence-corrected chi connectivity index (χ4v) is 3.93. The van der Waals surface area contributed by atoms with Crippen molar-refractivity contribution in [2.45, 2.75) is 83.1 Å². The van der Waals surface area contributed by atoms with E-state index in [0.29, 0.717) is 17.5 Å². The zero-order valence-electron chi connectivity index (χ0n) is 24.5. The van der Waals surface area contributed by atoms with Crippen LogP contribution in [0.1, 0.15) is 74.9 Å². The van der Waals surface area contributed by atoms with Gasteiger partial charge in [0.15, 0.2) is 17.5 Å². The summed E-state index contributed by atoms with van der Waals surface area (Å²) in [5, 5.41) is 0. The number of hydrogen-bond donors (Lipinski definition) is 0. The molecule has 0 saturated carbocycles. The molecule has 0 amide bonds. The van der Waals surface area contributed by atoms with Crippen molar-refractivity contribution in [1.29, 1.82) is 0 Å². The quantitative estimate of drug-likeness (QED) is 0.291. The summed E-state index contributed by atoms with van der Waals surface area (Å²) in [5.74, 6) is 2.15. The lowest BCUT2D eigenvalue weighted by Gasteiger charge is -2.13. The highest BCUT2D eigenvalue weighted by atomic mass is 15.0. The molecule has 3 heteroatoms. The van der Waals surface area contributed by atoms with E-state index < -0.39 is 0 Å². The highest BCUT2D eigenvalue weighted by molar-refractivity contribution is 5.70. The second kappa shape index (κ2) is 14.9. The first-order valence-electron chi connectivity index (χ1n) is 13.3. The highest BCUT2D eigenvalue weighted by Gasteiger charge is 2.16. The Hall–Kier alpha value is -3.33. The summed E-state index contributed by atoms with van der Waals surface area (Å²) >= 11 is 0. The summed E-state index contributed by atoms with van der Waals surface area (Å²) in [4.78, 5) is 14.7. The maximum absolute atomic E-state index is 4.91. The molecule has 0 bridgehead atoms. The number of benzene rings is 3. The maximum atomic E-state index is 4.91. The van der Waals surface area contributed by atoms with E-state index in [1.807, 2.05) is 41.5 Å². The molecule has 3 nitrogen and oxygen atoms in total. The van der Waals surface area contributed by atoms with Crippen molar-refractivity contribution < 1.29 is 0 Å². The zero-order valence-corrected chi connectivity index (χ0v) is 24.5. The predicted molar refractivity (Wildman–Crippen MR) is 159 cm³/mol. The minimum Gasteiger partial charge on any atom is -0.208 e. The summed E-state index contributed by atoms with van der Waals surface area (Å²) in [5.41, 5.74) is 10.3. The normalized spacial score (nSPS) is 9.67. The second-order valence-corrected chi connectivity index (χ2v) is 8.26. The van der Waals surface area contributed by atoms with E-state index in [9.17, 15) is 0 Å². The second-order valence-electron chi connectivity index (χ2n) is 8.26. The summed E-state index contributed by atoms with van der Waals surface area (Å²) in [7, 11) is 0. The SMILES string of the molecule is CC.CC.CC.Cc1ccc(-c2nc(-c3ccc(C)cc3C)nc(-c3ccc(C)cc3C)n2)c(C)c1. The van der Waals surface area contributed by atoms with E-state index in [1.165, 1.54) is 33.4 Å². The predicted octanol–water partition coefficient (Wildman–Crippen LogP) is 9.80. The van der Waals surface area contributed by atoms with Crippen LogP contribution >= 0.6 is 0 Å². The molecule has 0 aliphatic heterocycles. The minimum atomic E-state index is 0.715. The molecule has 36 heavy (non-hydrogen) atoms. The summed E-state index contributed by atoms with van der Waals surface area (Å²) in [6.07, 6.45) is 0. The topological polar surface area (TPSA) is 38.7 Å². The Labute approximate surface area is 220 Å². The van der Waals surface area contributed by atoms with Gasteiger partial charge in [-0.1, -0.05) is 113 Å². The Bertz CT molecular complexity index is 1090. The lowest BCUT2D eigenvalue weighted by atomic mass is 10.0. The van der Waals surface area contributed by atoms with Crippen LogP contribution in [0.4, 0.5) is 0 Å². The Kier molecular flexibility index (Phi) is 12.7. The van der Waals surface area contributed by atoms with Crippen LogP contribution in [0.15, 0.2) is 54.6 Å². The monoisotopic (exact) mass is 483 g/mol. The van der Waals surface area contributed by atoms with Gasteiger partial charge in [-0.25, -0.2) is 15.0 Å². The van der Waals surface area contributed by atoms with Gasteiger partial charge in [0.1, 0.15) is 0 Å². The molecule has 0 aliphatic carbocycles. The molecule has 0 N–H and O–H groups in total. The van der Waals surface area contributed by atoms with Gasteiger partial charge in [0, 0.05) is 16.7 Å². The van der Waals surface area contributed by atoms with E-state index in [-0.39, 0.29) is 0 Å². The summed E-state index contributed by atoms with van der Waals surface area (Å²) < 4.78 is 0. The average molecular weight is 484 g/mol.